The average Bonchev–Trinajstić information content (AvgIpc) is 2.54. The van der Waals surface area contributed by atoms with Crippen LogP contribution >= 0.6 is 11.3 Å². The Labute approximate surface area is 102 Å². The smallest absolute Gasteiger partial charge is 0.0480 e. The maximum Gasteiger partial charge on any atom is 0.0480 e. The lowest BCUT2D eigenvalue weighted by Gasteiger charge is -2.20. The Morgan fingerprint density at radius 1 is 1.38 bits per heavy atom. The molecule has 1 fully saturated rings. The molecule has 0 saturated carbocycles. The maximum atomic E-state index is 5.48. The van der Waals surface area contributed by atoms with Gasteiger partial charge in [-0.2, -0.15) is 0 Å². The van der Waals surface area contributed by atoms with Crippen molar-refractivity contribution < 1.29 is 4.74 Å². The summed E-state index contributed by atoms with van der Waals surface area (Å²) in [4.78, 5) is 2.84. The molecule has 0 aromatic carbocycles. The molecule has 90 valence electrons. The van der Waals surface area contributed by atoms with Crippen molar-refractivity contribution in [3.05, 3.63) is 21.9 Å². The fourth-order valence-electron chi connectivity index (χ4n) is 2.19. The molecular formula is C13H21NOS. The van der Waals surface area contributed by atoms with Gasteiger partial charge in [0.25, 0.3) is 0 Å². The lowest BCUT2D eigenvalue weighted by molar-refractivity contribution is 0.142. The van der Waals surface area contributed by atoms with E-state index in [0.29, 0.717) is 12.1 Å². The van der Waals surface area contributed by atoms with E-state index >= 15 is 0 Å². The number of hydrogen-bond acceptors (Lipinski definition) is 3. The lowest BCUT2D eigenvalue weighted by atomic mass is 10.1. The van der Waals surface area contributed by atoms with E-state index in [4.69, 9.17) is 4.74 Å². The SMILES string of the molecule is Cc1ccc(C(C)NC2CCCOCC2)s1. The summed E-state index contributed by atoms with van der Waals surface area (Å²) in [5.41, 5.74) is 0. The summed E-state index contributed by atoms with van der Waals surface area (Å²) in [7, 11) is 0. The summed E-state index contributed by atoms with van der Waals surface area (Å²) in [5.74, 6) is 0. The number of thiophene rings is 1. The van der Waals surface area contributed by atoms with Crippen molar-refractivity contribution in [1.29, 1.82) is 0 Å². The van der Waals surface area contributed by atoms with Gasteiger partial charge >= 0.3 is 0 Å². The quantitative estimate of drug-likeness (QED) is 0.874. The third-order valence-electron chi connectivity index (χ3n) is 3.13. The first kappa shape index (κ1) is 12.1. The van der Waals surface area contributed by atoms with E-state index in [1.165, 1.54) is 22.6 Å². The van der Waals surface area contributed by atoms with Crippen LogP contribution in [0.1, 0.15) is 42.0 Å². The van der Waals surface area contributed by atoms with Gasteiger partial charge in [-0.25, -0.2) is 0 Å². The molecule has 2 rings (SSSR count). The van der Waals surface area contributed by atoms with Crippen LogP contribution in [0.15, 0.2) is 12.1 Å². The second-order valence-corrected chi connectivity index (χ2v) is 5.90. The first-order valence-corrected chi connectivity index (χ1v) is 6.97. The number of nitrogens with one attached hydrogen (secondary N) is 1. The van der Waals surface area contributed by atoms with Crippen LogP contribution < -0.4 is 5.32 Å². The summed E-state index contributed by atoms with van der Waals surface area (Å²) in [6.45, 7) is 6.27. The third-order valence-corrected chi connectivity index (χ3v) is 4.31. The molecule has 0 spiro atoms. The van der Waals surface area contributed by atoms with Gasteiger partial charge in [0.2, 0.25) is 0 Å². The summed E-state index contributed by atoms with van der Waals surface area (Å²) >= 11 is 1.90. The maximum absolute atomic E-state index is 5.48. The molecule has 2 atom stereocenters. The summed E-state index contributed by atoms with van der Waals surface area (Å²) < 4.78 is 5.48. The van der Waals surface area contributed by atoms with E-state index in [9.17, 15) is 0 Å². The minimum absolute atomic E-state index is 0.474. The van der Waals surface area contributed by atoms with Crippen molar-refractivity contribution in [2.75, 3.05) is 13.2 Å². The van der Waals surface area contributed by atoms with E-state index < -0.39 is 0 Å². The van der Waals surface area contributed by atoms with Crippen molar-refractivity contribution in [2.24, 2.45) is 0 Å². The zero-order valence-corrected chi connectivity index (χ0v) is 11.0. The minimum Gasteiger partial charge on any atom is -0.381 e. The molecule has 1 N–H and O–H groups in total. The molecule has 0 amide bonds. The van der Waals surface area contributed by atoms with Crippen LogP contribution in [-0.2, 0) is 4.74 Å². The molecule has 2 unspecified atom stereocenters. The fraction of sp³-hybridized carbons (Fsp3) is 0.692. The van der Waals surface area contributed by atoms with Crippen molar-refractivity contribution >= 4 is 11.3 Å². The Morgan fingerprint density at radius 3 is 3.00 bits per heavy atom. The summed E-state index contributed by atoms with van der Waals surface area (Å²) in [5, 5.41) is 3.72. The Balaban J connectivity index is 1.88. The van der Waals surface area contributed by atoms with E-state index in [2.05, 4.69) is 31.3 Å². The van der Waals surface area contributed by atoms with Crippen LogP contribution in [0.3, 0.4) is 0 Å². The Hall–Kier alpha value is -0.380. The molecule has 1 aromatic rings. The zero-order valence-electron chi connectivity index (χ0n) is 10.2. The molecule has 0 bridgehead atoms. The highest BCUT2D eigenvalue weighted by Crippen LogP contribution is 2.23. The van der Waals surface area contributed by atoms with Gasteiger partial charge in [-0.3, -0.25) is 0 Å². The van der Waals surface area contributed by atoms with E-state index in [0.717, 1.165) is 19.6 Å². The van der Waals surface area contributed by atoms with Crippen molar-refractivity contribution in [2.45, 2.75) is 45.2 Å². The van der Waals surface area contributed by atoms with Crippen LogP contribution in [0, 0.1) is 6.92 Å². The largest absolute Gasteiger partial charge is 0.381 e. The van der Waals surface area contributed by atoms with E-state index in [-0.39, 0.29) is 0 Å². The third kappa shape index (κ3) is 3.30. The lowest BCUT2D eigenvalue weighted by Crippen LogP contribution is -2.31. The number of hydrogen-bond donors (Lipinski definition) is 1. The summed E-state index contributed by atoms with van der Waals surface area (Å²) in [6.07, 6.45) is 3.58. The highest BCUT2D eigenvalue weighted by molar-refractivity contribution is 7.12. The number of aryl methyl sites for hydroxylation is 1. The first-order chi connectivity index (χ1) is 7.75. The van der Waals surface area contributed by atoms with E-state index in [1.54, 1.807) is 0 Å². The predicted molar refractivity (Wildman–Crippen MR) is 69.1 cm³/mol. The van der Waals surface area contributed by atoms with Gasteiger partial charge in [-0.15, -0.1) is 11.3 Å². The Bertz CT molecular complexity index is 315. The molecule has 1 saturated heterocycles. The van der Waals surface area contributed by atoms with E-state index in [1.807, 2.05) is 11.3 Å². The van der Waals surface area contributed by atoms with Gasteiger partial charge in [-0.1, -0.05) is 0 Å². The molecule has 3 heteroatoms. The molecule has 16 heavy (non-hydrogen) atoms. The minimum atomic E-state index is 0.474. The van der Waals surface area contributed by atoms with Crippen LogP contribution in [0.5, 0.6) is 0 Å². The fourth-order valence-corrected chi connectivity index (χ4v) is 3.08. The standard InChI is InChI=1S/C13H21NOS/c1-10-5-6-13(16-10)11(2)14-12-4-3-8-15-9-7-12/h5-6,11-12,14H,3-4,7-9H2,1-2H3. The van der Waals surface area contributed by atoms with Gasteiger partial charge in [0, 0.05) is 35.1 Å². The molecule has 1 aromatic heterocycles. The topological polar surface area (TPSA) is 21.3 Å². The van der Waals surface area contributed by atoms with Crippen LogP contribution in [0.25, 0.3) is 0 Å². The molecule has 0 aliphatic carbocycles. The normalized spacial score (nSPS) is 24.0. The van der Waals surface area contributed by atoms with Crippen LogP contribution in [0.2, 0.25) is 0 Å². The Kier molecular flexibility index (Phi) is 4.38. The average molecular weight is 239 g/mol. The van der Waals surface area contributed by atoms with Crippen molar-refractivity contribution in [3.63, 3.8) is 0 Å². The first-order valence-electron chi connectivity index (χ1n) is 6.16. The zero-order chi connectivity index (χ0) is 11.4. The number of ether oxygens (including phenoxy) is 1. The number of rotatable bonds is 3. The van der Waals surface area contributed by atoms with Crippen LogP contribution in [-0.4, -0.2) is 19.3 Å². The predicted octanol–water partition coefficient (Wildman–Crippen LogP) is 3.28. The van der Waals surface area contributed by atoms with Gasteiger partial charge in [0.05, 0.1) is 0 Å². The molecule has 2 heterocycles. The highest BCUT2D eigenvalue weighted by Gasteiger charge is 2.16. The van der Waals surface area contributed by atoms with Crippen molar-refractivity contribution in [3.8, 4) is 0 Å². The van der Waals surface area contributed by atoms with Crippen LogP contribution in [0.4, 0.5) is 0 Å². The highest BCUT2D eigenvalue weighted by atomic mass is 32.1. The second kappa shape index (κ2) is 5.80. The van der Waals surface area contributed by atoms with Crippen molar-refractivity contribution in [1.82, 2.24) is 5.32 Å². The van der Waals surface area contributed by atoms with Gasteiger partial charge < -0.3 is 10.1 Å². The molecule has 0 radical (unpaired) electrons. The second-order valence-electron chi connectivity index (χ2n) is 4.58. The monoisotopic (exact) mass is 239 g/mol. The van der Waals surface area contributed by atoms with Gasteiger partial charge in [0.1, 0.15) is 0 Å². The molecule has 2 nitrogen and oxygen atoms in total. The molecule has 1 aliphatic heterocycles. The van der Waals surface area contributed by atoms with Gasteiger partial charge in [-0.05, 0) is 45.2 Å². The molecule has 1 aliphatic rings. The Morgan fingerprint density at radius 2 is 2.25 bits per heavy atom. The molecular weight excluding hydrogens is 218 g/mol. The summed E-state index contributed by atoms with van der Waals surface area (Å²) in [6, 6.07) is 5.54. The van der Waals surface area contributed by atoms with Gasteiger partial charge in [0.15, 0.2) is 0 Å².